The van der Waals surface area contributed by atoms with Crippen molar-refractivity contribution < 1.29 is 29.4 Å². The second-order valence-corrected chi connectivity index (χ2v) is 9.48. The summed E-state index contributed by atoms with van der Waals surface area (Å²) in [7, 11) is 0. The lowest BCUT2D eigenvalue weighted by Gasteiger charge is -2.14. The predicted octanol–water partition coefficient (Wildman–Crippen LogP) is 5.76. The fourth-order valence-electron chi connectivity index (χ4n) is 2.98. The monoisotopic (exact) mass is 532 g/mol. The normalized spacial score (nSPS) is 11.4. The molecule has 0 aliphatic carbocycles. The number of benzene rings is 3. The van der Waals surface area contributed by atoms with E-state index in [0.29, 0.717) is 26.3 Å². The molecule has 0 aliphatic heterocycles. The molecule has 180 valence electrons. The molecule has 0 radical (unpaired) electrons. The topological polar surface area (TPSA) is 133 Å². The summed E-state index contributed by atoms with van der Waals surface area (Å²) >= 11 is 13.2. The third kappa shape index (κ3) is 6.75. The van der Waals surface area contributed by atoms with Crippen LogP contribution in [0, 0.1) is 0 Å². The van der Waals surface area contributed by atoms with E-state index in [1.165, 1.54) is 17.8 Å². The molecule has 35 heavy (non-hydrogen) atoms. The van der Waals surface area contributed by atoms with Gasteiger partial charge in [-0.1, -0.05) is 29.3 Å². The first-order valence-corrected chi connectivity index (χ1v) is 11.6. The van der Waals surface area contributed by atoms with Crippen molar-refractivity contribution >= 4 is 70.1 Å². The molecule has 0 saturated heterocycles. The van der Waals surface area contributed by atoms with Crippen molar-refractivity contribution in [3.63, 3.8) is 0 Å². The Kier molecular flexibility index (Phi) is 8.39. The number of anilines is 2. The fourth-order valence-corrected chi connectivity index (χ4v) is 4.36. The fraction of sp³-hybridized carbons (Fsp3) is 0.0833. The summed E-state index contributed by atoms with van der Waals surface area (Å²) < 4.78 is 0. The zero-order valence-corrected chi connectivity index (χ0v) is 20.4. The first-order valence-electron chi connectivity index (χ1n) is 9.99. The highest BCUT2D eigenvalue weighted by Gasteiger charge is 2.20. The first-order chi connectivity index (χ1) is 16.5. The minimum atomic E-state index is -1.43. The van der Waals surface area contributed by atoms with Gasteiger partial charge in [0.05, 0.1) is 32.7 Å². The number of thioether (sulfide) groups is 1. The number of amides is 2. The molecule has 1 atom stereocenters. The summed E-state index contributed by atoms with van der Waals surface area (Å²) in [6.45, 7) is 1.71. The van der Waals surface area contributed by atoms with Crippen LogP contribution in [0.1, 0.15) is 38.0 Å². The Morgan fingerprint density at radius 1 is 0.857 bits per heavy atom. The van der Waals surface area contributed by atoms with Crippen LogP contribution in [-0.2, 0) is 4.79 Å². The Balaban J connectivity index is 1.71. The molecule has 3 rings (SSSR count). The van der Waals surface area contributed by atoms with Crippen molar-refractivity contribution in [1.82, 2.24) is 0 Å². The van der Waals surface area contributed by atoms with Crippen LogP contribution >= 0.6 is 35.0 Å². The number of aromatic carboxylic acids is 2. The van der Waals surface area contributed by atoms with E-state index in [-0.39, 0.29) is 17.0 Å². The molecule has 3 aromatic carbocycles. The molecule has 0 fully saturated rings. The molecule has 3 aromatic rings. The number of hydrogen-bond acceptors (Lipinski definition) is 5. The number of carbonyl (C=O) groups is 4. The lowest BCUT2D eigenvalue weighted by molar-refractivity contribution is -0.115. The number of hydrogen-bond donors (Lipinski definition) is 4. The van der Waals surface area contributed by atoms with E-state index in [9.17, 15) is 24.3 Å². The predicted molar refractivity (Wildman–Crippen MR) is 135 cm³/mol. The molecule has 1 unspecified atom stereocenters. The highest BCUT2D eigenvalue weighted by molar-refractivity contribution is 8.00. The standard InChI is InChI=1S/C24H18Cl2N2O6S/c1-12(21(29)28-20-8-6-14(25)10-19(20)26)35-16-4-2-3-15(11-16)27-22(30)17-7-5-13(23(31)32)9-18(17)24(33)34/h2-12H,1H3,(H,27,30)(H,28,29)(H,31,32)(H,33,34). The lowest BCUT2D eigenvalue weighted by atomic mass is 10.0. The van der Waals surface area contributed by atoms with Crippen LogP contribution in [-0.4, -0.2) is 39.2 Å². The number of carbonyl (C=O) groups excluding carboxylic acids is 2. The second-order valence-electron chi connectivity index (χ2n) is 7.23. The van der Waals surface area contributed by atoms with E-state index in [1.807, 2.05) is 0 Å². The molecule has 0 bridgehead atoms. The van der Waals surface area contributed by atoms with Gasteiger partial charge in [0.1, 0.15) is 0 Å². The molecule has 11 heteroatoms. The highest BCUT2D eigenvalue weighted by Crippen LogP contribution is 2.29. The van der Waals surface area contributed by atoms with Crippen LogP contribution in [0.2, 0.25) is 10.0 Å². The Bertz CT molecular complexity index is 1330. The van der Waals surface area contributed by atoms with Crippen molar-refractivity contribution in [2.75, 3.05) is 10.6 Å². The van der Waals surface area contributed by atoms with Crippen molar-refractivity contribution in [1.29, 1.82) is 0 Å². The molecule has 0 spiro atoms. The number of rotatable bonds is 8. The average molecular weight is 533 g/mol. The summed E-state index contributed by atoms with van der Waals surface area (Å²) in [6.07, 6.45) is 0. The molecule has 8 nitrogen and oxygen atoms in total. The van der Waals surface area contributed by atoms with Crippen LogP contribution < -0.4 is 10.6 Å². The number of carboxylic acid groups (broad SMARTS) is 2. The van der Waals surface area contributed by atoms with E-state index < -0.39 is 28.7 Å². The molecule has 0 aromatic heterocycles. The molecular weight excluding hydrogens is 515 g/mol. The van der Waals surface area contributed by atoms with Crippen LogP contribution in [0.15, 0.2) is 65.6 Å². The van der Waals surface area contributed by atoms with Crippen molar-refractivity contribution in [3.05, 3.63) is 87.4 Å². The maximum Gasteiger partial charge on any atom is 0.336 e. The maximum absolute atomic E-state index is 12.7. The van der Waals surface area contributed by atoms with Gasteiger partial charge in [0.2, 0.25) is 5.91 Å². The van der Waals surface area contributed by atoms with Gasteiger partial charge < -0.3 is 20.8 Å². The maximum atomic E-state index is 12.7. The second kappa shape index (κ2) is 11.3. The van der Waals surface area contributed by atoms with Crippen LogP contribution in [0.25, 0.3) is 0 Å². The molecule has 0 heterocycles. The summed E-state index contributed by atoms with van der Waals surface area (Å²) in [5.41, 5.74) is -0.0681. The summed E-state index contributed by atoms with van der Waals surface area (Å²) in [5, 5.41) is 24.0. The van der Waals surface area contributed by atoms with Gasteiger partial charge in [-0.2, -0.15) is 0 Å². The van der Waals surface area contributed by atoms with E-state index in [2.05, 4.69) is 10.6 Å². The Hall–Kier alpha value is -3.53. The van der Waals surface area contributed by atoms with Gasteiger partial charge in [0.25, 0.3) is 5.91 Å². The third-order valence-electron chi connectivity index (χ3n) is 4.70. The molecule has 0 saturated carbocycles. The van der Waals surface area contributed by atoms with E-state index >= 15 is 0 Å². The molecule has 2 amide bonds. The zero-order valence-electron chi connectivity index (χ0n) is 18.0. The Morgan fingerprint density at radius 2 is 1.60 bits per heavy atom. The van der Waals surface area contributed by atoms with Gasteiger partial charge in [-0.3, -0.25) is 9.59 Å². The first kappa shape index (κ1) is 26.1. The molecular formula is C24H18Cl2N2O6S. The quantitative estimate of drug-likeness (QED) is 0.271. The Morgan fingerprint density at radius 3 is 2.26 bits per heavy atom. The lowest BCUT2D eigenvalue weighted by Crippen LogP contribution is -2.22. The van der Waals surface area contributed by atoms with Gasteiger partial charge >= 0.3 is 11.9 Å². The third-order valence-corrected chi connectivity index (χ3v) is 6.35. The summed E-state index contributed by atoms with van der Waals surface area (Å²) in [6, 6.07) is 14.6. The van der Waals surface area contributed by atoms with Crippen molar-refractivity contribution in [3.8, 4) is 0 Å². The Labute approximate surface area is 214 Å². The average Bonchev–Trinajstić information content (AvgIpc) is 2.80. The van der Waals surface area contributed by atoms with E-state index in [1.54, 1.807) is 43.3 Å². The smallest absolute Gasteiger partial charge is 0.336 e. The number of halogens is 2. The van der Waals surface area contributed by atoms with Gasteiger partial charge in [0, 0.05) is 15.6 Å². The molecule has 4 N–H and O–H groups in total. The minimum absolute atomic E-state index is 0.187. The largest absolute Gasteiger partial charge is 0.478 e. The highest BCUT2D eigenvalue weighted by atomic mass is 35.5. The van der Waals surface area contributed by atoms with Gasteiger partial charge in [-0.05, 0) is 61.5 Å². The van der Waals surface area contributed by atoms with E-state index in [4.69, 9.17) is 28.3 Å². The number of nitrogens with one attached hydrogen (secondary N) is 2. The van der Waals surface area contributed by atoms with Gasteiger partial charge in [-0.15, -0.1) is 11.8 Å². The van der Waals surface area contributed by atoms with Gasteiger partial charge in [0.15, 0.2) is 0 Å². The zero-order chi connectivity index (χ0) is 25.7. The number of carboxylic acids is 2. The van der Waals surface area contributed by atoms with Crippen LogP contribution in [0.5, 0.6) is 0 Å². The van der Waals surface area contributed by atoms with Gasteiger partial charge in [-0.25, -0.2) is 9.59 Å². The minimum Gasteiger partial charge on any atom is -0.478 e. The summed E-state index contributed by atoms with van der Waals surface area (Å²) in [5.74, 6) is -3.74. The summed E-state index contributed by atoms with van der Waals surface area (Å²) in [4.78, 5) is 48.6. The van der Waals surface area contributed by atoms with Crippen molar-refractivity contribution in [2.24, 2.45) is 0 Å². The van der Waals surface area contributed by atoms with Crippen LogP contribution in [0.3, 0.4) is 0 Å². The van der Waals surface area contributed by atoms with Crippen LogP contribution in [0.4, 0.5) is 11.4 Å². The molecule has 0 aliphatic rings. The SMILES string of the molecule is CC(Sc1cccc(NC(=O)c2ccc(C(=O)O)cc2C(=O)O)c1)C(=O)Nc1ccc(Cl)cc1Cl. The van der Waals surface area contributed by atoms with Crippen molar-refractivity contribution in [2.45, 2.75) is 17.1 Å². The van der Waals surface area contributed by atoms with E-state index in [0.717, 1.165) is 18.2 Å².